The fourth-order valence-electron chi connectivity index (χ4n) is 2.69. The van der Waals surface area contributed by atoms with Crippen molar-refractivity contribution in [3.8, 4) is 11.5 Å². The number of H-pyrrole nitrogens is 1. The molecule has 0 radical (unpaired) electrons. The number of anilines is 1. The Morgan fingerprint density at radius 1 is 1.07 bits per heavy atom. The maximum absolute atomic E-state index is 12.4. The molecule has 2 heterocycles. The molecule has 0 fully saturated rings. The molecule has 7 nitrogen and oxygen atoms in total. The van der Waals surface area contributed by atoms with Crippen LogP contribution in [0.4, 0.5) is 5.69 Å². The summed E-state index contributed by atoms with van der Waals surface area (Å²) in [5.41, 5.74) is 1.35. The predicted octanol–water partition coefficient (Wildman–Crippen LogP) is 2.95. The molecule has 7 heteroatoms. The largest absolute Gasteiger partial charge is 0.463 e. The Hall–Kier alpha value is -3.61. The Bertz CT molecular complexity index is 1020. The lowest BCUT2D eigenvalue weighted by Crippen LogP contribution is -2.31. The van der Waals surface area contributed by atoms with Crippen molar-refractivity contribution in [1.29, 1.82) is 0 Å². The van der Waals surface area contributed by atoms with Gasteiger partial charge in [-0.05, 0) is 55.8 Å². The Morgan fingerprint density at radius 2 is 1.82 bits per heavy atom. The normalized spacial score (nSPS) is 10.7. The molecule has 0 unspecified atom stereocenters. The average molecular weight is 379 g/mol. The number of aromatic nitrogens is 1. The van der Waals surface area contributed by atoms with E-state index in [0.717, 1.165) is 5.56 Å². The Kier molecular flexibility index (Phi) is 5.74. The van der Waals surface area contributed by atoms with E-state index in [1.165, 1.54) is 12.3 Å². The summed E-state index contributed by atoms with van der Waals surface area (Å²) < 4.78 is 5.23. The van der Waals surface area contributed by atoms with E-state index in [1.54, 1.807) is 42.5 Å². The highest BCUT2D eigenvalue weighted by atomic mass is 16.3. The molecule has 0 atom stereocenters. The summed E-state index contributed by atoms with van der Waals surface area (Å²) in [6.07, 6.45) is 1.77. The van der Waals surface area contributed by atoms with Gasteiger partial charge in [0.15, 0.2) is 0 Å². The van der Waals surface area contributed by atoms with Gasteiger partial charge < -0.3 is 20.0 Å². The number of hydrogen-bond donors (Lipinski definition) is 3. The topological polar surface area (TPSA) is 104 Å². The third-order valence-electron chi connectivity index (χ3n) is 3.97. The van der Waals surface area contributed by atoms with Gasteiger partial charge in [0.25, 0.3) is 11.5 Å². The molecule has 144 valence electrons. The molecule has 0 aliphatic rings. The standard InChI is InChI=1S/C21H21N3O4/c1-13(2)22-19(25)12-14-5-7-15(8-6-14)23-20(26)16-9-10-17(24-21(16)27)18-4-3-11-28-18/h3-11,13H,12H2,1-2H3,(H,22,25)(H,23,26)(H,24,27). The first-order valence-electron chi connectivity index (χ1n) is 8.89. The zero-order valence-electron chi connectivity index (χ0n) is 15.6. The molecule has 1 aromatic carbocycles. The van der Waals surface area contributed by atoms with Crippen LogP contribution in [0.1, 0.15) is 29.8 Å². The van der Waals surface area contributed by atoms with E-state index in [0.29, 0.717) is 17.1 Å². The zero-order chi connectivity index (χ0) is 20.1. The van der Waals surface area contributed by atoms with Crippen LogP contribution >= 0.6 is 0 Å². The van der Waals surface area contributed by atoms with Crippen LogP contribution < -0.4 is 16.2 Å². The first-order chi connectivity index (χ1) is 13.4. The van der Waals surface area contributed by atoms with Crippen molar-refractivity contribution < 1.29 is 14.0 Å². The molecular formula is C21H21N3O4. The third kappa shape index (κ3) is 4.76. The molecule has 2 aromatic heterocycles. The summed E-state index contributed by atoms with van der Waals surface area (Å²) in [6, 6.07) is 13.5. The van der Waals surface area contributed by atoms with Gasteiger partial charge in [-0.3, -0.25) is 14.4 Å². The van der Waals surface area contributed by atoms with Crippen LogP contribution in [0.5, 0.6) is 0 Å². The molecule has 0 spiro atoms. The van der Waals surface area contributed by atoms with Gasteiger partial charge >= 0.3 is 0 Å². The number of nitrogens with one attached hydrogen (secondary N) is 3. The van der Waals surface area contributed by atoms with Crippen LogP contribution in [0.25, 0.3) is 11.5 Å². The SMILES string of the molecule is CC(C)NC(=O)Cc1ccc(NC(=O)c2ccc(-c3ccco3)[nH]c2=O)cc1. The fraction of sp³-hybridized carbons (Fsp3) is 0.190. The van der Waals surface area contributed by atoms with Gasteiger partial charge in [-0.2, -0.15) is 0 Å². The maximum atomic E-state index is 12.4. The molecule has 0 saturated heterocycles. The average Bonchev–Trinajstić information content (AvgIpc) is 3.17. The number of carbonyl (C=O) groups is 2. The van der Waals surface area contributed by atoms with Crippen LogP contribution in [0.15, 0.2) is 64.0 Å². The van der Waals surface area contributed by atoms with Crippen LogP contribution in [-0.2, 0) is 11.2 Å². The third-order valence-corrected chi connectivity index (χ3v) is 3.97. The van der Waals surface area contributed by atoms with E-state index in [2.05, 4.69) is 15.6 Å². The van der Waals surface area contributed by atoms with Crippen molar-refractivity contribution in [2.24, 2.45) is 0 Å². The van der Waals surface area contributed by atoms with E-state index < -0.39 is 11.5 Å². The predicted molar refractivity (Wildman–Crippen MR) is 106 cm³/mol. The number of benzene rings is 1. The number of hydrogen-bond acceptors (Lipinski definition) is 4. The smallest absolute Gasteiger partial charge is 0.261 e. The van der Waals surface area contributed by atoms with E-state index in [9.17, 15) is 14.4 Å². The Balaban J connectivity index is 1.66. The van der Waals surface area contributed by atoms with Gasteiger partial charge in [0.1, 0.15) is 11.3 Å². The highest BCUT2D eigenvalue weighted by molar-refractivity contribution is 6.04. The quantitative estimate of drug-likeness (QED) is 0.612. The van der Waals surface area contributed by atoms with E-state index >= 15 is 0 Å². The molecule has 2 amide bonds. The molecule has 0 bridgehead atoms. The zero-order valence-corrected chi connectivity index (χ0v) is 15.6. The summed E-state index contributed by atoms with van der Waals surface area (Å²) in [5.74, 6) is -0.0614. The Labute approximate surface area is 161 Å². The van der Waals surface area contributed by atoms with Crippen molar-refractivity contribution >= 4 is 17.5 Å². The molecule has 3 aromatic rings. The van der Waals surface area contributed by atoms with Gasteiger partial charge in [-0.25, -0.2) is 0 Å². The van der Waals surface area contributed by atoms with E-state index in [4.69, 9.17) is 4.42 Å². The van der Waals surface area contributed by atoms with Gasteiger partial charge in [-0.15, -0.1) is 0 Å². The first-order valence-corrected chi connectivity index (χ1v) is 8.89. The summed E-state index contributed by atoms with van der Waals surface area (Å²) in [6.45, 7) is 3.80. The van der Waals surface area contributed by atoms with Gasteiger partial charge in [0.05, 0.1) is 18.4 Å². The minimum absolute atomic E-state index is 0.00399. The maximum Gasteiger partial charge on any atom is 0.261 e. The van der Waals surface area contributed by atoms with Crippen molar-refractivity contribution in [1.82, 2.24) is 10.3 Å². The highest BCUT2D eigenvalue weighted by Gasteiger charge is 2.13. The van der Waals surface area contributed by atoms with Crippen LogP contribution in [-0.4, -0.2) is 22.8 Å². The molecule has 3 rings (SSSR count). The summed E-state index contributed by atoms with van der Waals surface area (Å²) in [5, 5.41) is 5.51. The first kappa shape index (κ1) is 19.2. The van der Waals surface area contributed by atoms with E-state index in [1.807, 2.05) is 13.8 Å². The molecular weight excluding hydrogens is 358 g/mol. The number of amides is 2. The van der Waals surface area contributed by atoms with Crippen LogP contribution in [0.3, 0.4) is 0 Å². The molecule has 28 heavy (non-hydrogen) atoms. The van der Waals surface area contributed by atoms with Crippen LogP contribution in [0, 0.1) is 0 Å². The highest BCUT2D eigenvalue weighted by Crippen LogP contribution is 2.16. The molecule has 0 aliphatic heterocycles. The fourth-order valence-corrected chi connectivity index (χ4v) is 2.69. The number of aromatic amines is 1. The summed E-state index contributed by atoms with van der Waals surface area (Å²) in [4.78, 5) is 39.1. The van der Waals surface area contributed by atoms with Crippen molar-refractivity contribution in [2.75, 3.05) is 5.32 Å². The number of carbonyl (C=O) groups excluding carboxylic acids is 2. The minimum atomic E-state index is -0.516. The number of pyridine rings is 1. The summed E-state index contributed by atoms with van der Waals surface area (Å²) in [7, 11) is 0. The second kappa shape index (κ2) is 8.39. The number of rotatable bonds is 6. The lowest BCUT2D eigenvalue weighted by molar-refractivity contribution is -0.120. The van der Waals surface area contributed by atoms with Crippen molar-refractivity contribution in [2.45, 2.75) is 26.3 Å². The van der Waals surface area contributed by atoms with Crippen molar-refractivity contribution in [3.63, 3.8) is 0 Å². The van der Waals surface area contributed by atoms with Gasteiger partial charge in [-0.1, -0.05) is 12.1 Å². The van der Waals surface area contributed by atoms with Gasteiger partial charge in [0, 0.05) is 11.7 Å². The van der Waals surface area contributed by atoms with E-state index in [-0.39, 0.29) is 23.9 Å². The van der Waals surface area contributed by atoms with Gasteiger partial charge in [0.2, 0.25) is 5.91 Å². The lowest BCUT2D eigenvalue weighted by Gasteiger charge is -2.09. The molecule has 0 aliphatic carbocycles. The number of furan rings is 1. The molecule has 0 saturated carbocycles. The lowest BCUT2D eigenvalue weighted by atomic mass is 10.1. The van der Waals surface area contributed by atoms with Crippen molar-refractivity contribution in [3.05, 3.63) is 76.3 Å². The minimum Gasteiger partial charge on any atom is -0.463 e. The summed E-state index contributed by atoms with van der Waals surface area (Å²) >= 11 is 0. The second-order valence-corrected chi connectivity index (χ2v) is 6.64. The Morgan fingerprint density at radius 3 is 2.43 bits per heavy atom. The monoisotopic (exact) mass is 379 g/mol. The van der Waals surface area contributed by atoms with Crippen LogP contribution in [0.2, 0.25) is 0 Å². The second-order valence-electron chi connectivity index (χ2n) is 6.64. The molecule has 3 N–H and O–H groups in total.